The first-order valence-corrected chi connectivity index (χ1v) is 14.1. The fraction of sp³-hybridized carbons (Fsp3) is 0.280. The molecule has 37 heavy (non-hydrogen) atoms. The van der Waals surface area contributed by atoms with Crippen molar-refractivity contribution in [3.8, 4) is 11.5 Å². The molecule has 4 aromatic heterocycles. The number of hydrogen-bond acceptors (Lipinski definition) is 9. The van der Waals surface area contributed by atoms with Crippen molar-refractivity contribution in [1.82, 2.24) is 19.9 Å². The molecule has 5 aromatic rings. The number of nitrogens with zero attached hydrogens (tertiary/aromatic N) is 4. The van der Waals surface area contributed by atoms with Gasteiger partial charge in [-0.05, 0) is 79.7 Å². The van der Waals surface area contributed by atoms with Gasteiger partial charge in [-0.25, -0.2) is 19.9 Å². The molecule has 0 bridgehead atoms. The molecule has 0 aliphatic carbocycles. The zero-order valence-corrected chi connectivity index (χ0v) is 24.3. The number of ether oxygens (including phenoxy) is 2. The second kappa shape index (κ2) is 10.7. The van der Waals surface area contributed by atoms with Gasteiger partial charge in [0, 0.05) is 16.3 Å². The second-order valence-electron chi connectivity index (χ2n) is 8.38. The first-order chi connectivity index (χ1) is 17.7. The lowest BCUT2D eigenvalue weighted by atomic mass is 10.1. The third-order valence-electron chi connectivity index (χ3n) is 6.03. The standard InChI is InChI=1S/C17H16ClN3O2S.C8H6Cl2N2S/c1-9-10(2)24-16-14(9)15(20-17(18)21-16)19-8-11-3-4-12-13(7-11)23-6-5-22-12;1-3-4(2)13-7-5(3)6(9)11-8(10)12-7/h3-4,7H,5-6,8H2,1-2H3,(H,19,20,21);1-2H3. The monoisotopic (exact) mass is 593 g/mol. The lowest BCUT2D eigenvalue weighted by Crippen LogP contribution is -2.15. The van der Waals surface area contributed by atoms with Gasteiger partial charge in [-0.2, -0.15) is 0 Å². The Morgan fingerprint density at radius 3 is 2.08 bits per heavy atom. The molecule has 7 nitrogen and oxygen atoms in total. The summed E-state index contributed by atoms with van der Waals surface area (Å²) < 4.78 is 11.2. The maximum absolute atomic E-state index is 6.07. The molecular formula is C25H22Cl3N5O2S2. The highest BCUT2D eigenvalue weighted by Gasteiger charge is 2.16. The molecule has 0 amide bonds. The summed E-state index contributed by atoms with van der Waals surface area (Å²) in [4.78, 5) is 20.9. The summed E-state index contributed by atoms with van der Waals surface area (Å²) in [5, 5.41) is 6.25. The lowest BCUT2D eigenvalue weighted by molar-refractivity contribution is 0.171. The van der Waals surface area contributed by atoms with E-state index in [2.05, 4.69) is 39.1 Å². The summed E-state index contributed by atoms with van der Waals surface area (Å²) in [7, 11) is 0. The molecule has 6 rings (SSSR count). The molecule has 0 radical (unpaired) electrons. The fourth-order valence-corrected chi connectivity index (χ4v) is 6.82. The fourth-order valence-electron chi connectivity index (χ4n) is 3.91. The highest BCUT2D eigenvalue weighted by Crippen LogP contribution is 2.36. The van der Waals surface area contributed by atoms with E-state index in [1.165, 1.54) is 15.3 Å². The maximum Gasteiger partial charge on any atom is 0.225 e. The van der Waals surface area contributed by atoms with Crippen molar-refractivity contribution in [2.45, 2.75) is 34.2 Å². The summed E-state index contributed by atoms with van der Waals surface area (Å²) in [6.45, 7) is 10.0. The van der Waals surface area contributed by atoms with Crippen LogP contribution in [0.1, 0.15) is 26.4 Å². The molecule has 1 aliphatic heterocycles. The Bertz CT molecular complexity index is 1640. The molecule has 12 heteroatoms. The second-order valence-corrected chi connectivity index (χ2v) is 11.8. The largest absolute Gasteiger partial charge is 0.486 e. The van der Waals surface area contributed by atoms with Gasteiger partial charge in [-0.15, -0.1) is 22.7 Å². The molecular weight excluding hydrogens is 573 g/mol. The number of rotatable bonds is 3. The van der Waals surface area contributed by atoms with Crippen LogP contribution in [-0.4, -0.2) is 33.1 Å². The predicted octanol–water partition coefficient (Wildman–Crippen LogP) is 7.96. The van der Waals surface area contributed by atoms with Crippen molar-refractivity contribution in [2.75, 3.05) is 18.5 Å². The summed E-state index contributed by atoms with van der Waals surface area (Å²) in [6, 6.07) is 5.95. The van der Waals surface area contributed by atoms with E-state index < -0.39 is 0 Å². The van der Waals surface area contributed by atoms with Crippen molar-refractivity contribution >= 4 is 83.7 Å². The summed E-state index contributed by atoms with van der Waals surface area (Å²) in [5.74, 6) is 2.34. The van der Waals surface area contributed by atoms with E-state index in [4.69, 9.17) is 44.3 Å². The van der Waals surface area contributed by atoms with E-state index >= 15 is 0 Å². The Morgan fingerprint density at radius 2 is 1.38 bits per heavy atom. The molecule has 1 aromatic carbocycles. The number of aromatic nitrogens is 4. The molecule has 0 unspecified atom stereocenters. The van der Waals surface area contributed by atoms with E-state index in [0.29, 0.717) is 24.9 Å². The Morgan fingerprint density at radius 1 is 0.784 bits per heavy atom. The average Bonchev–Trinajstić information content (AvgIpc) is 3.31. The van der Waals surface area contributed by atoms with Crippen LogP contribution in [0.2, 0.25) is 15.7 Å². The van der Waals surface area contributed by atoms with E-state index in [0.717, 1.165) is 48.9 Å². The van der Waals surface area contributed by atoms with Gasteiger partial charge in [0.05, 0.1) is 10.8 Å². The zero-order chi connectivity index (χ0) is 26.3. The van der Waals surface area contributed by atoms with Crippen molar-refractivity contribution in [2.24, 2.45) is 0 Å². The number of halogens is 3. The van der Waals surface area contributed by atoms with Crippen LogP contribution in [0, 0.1) is 27.7 Å². The molecule has 0 saturated heterocycles. The van der Waals surface area contributed by atoms with Crippen LogP contribution >= 0.6 is 57.5 Å². The minimum Gasteiger partial charge on any atom is -0.486 e. The Labute approximate surface area is 236 Å². The molecule has 5 heterocycles. The van der Waals surface area contributed by atoms with Gasteiger partial charge >= 0.3 is 0 Å². The summed E-state index contributed by atoms with van der Waals surface area (Å²) in [6.07, 6.45) is 0. The molecule has 0 saturated carbocycles. The van der Waals surface area contributed by atoms with E-state index in [9.17, 15) is 0 Å². The van der Waals surface area contributed by atoms with Gasteiger partial charge in [-0.3, -0.25) is 0 Å². The number of thiophene rings is 2. The Kier molecular flexibility index (Phi) is 7.60. The highest BCUT2D eigenvalue weighted by atomic mass is 35.5. The Balaban J connectivity index is 0.000000182. The topological polar surface area (TPSA) is 82.1 Å². The van der Waals surface area contributed by atoms with Gasteiger partial charge in [0.2, 0.25) is 10.6 Å². The highest BCUT2D eigenvalue weighted by molar-refractivity contribution is 7.19. The van der Waals surface area contributed by atoms with Crippen LogP contribution < -0.4 is 14.8 Å². The lowest BCUT2D eigenvalue weighted by Gasteiger charge is -2.19. The van der Waals surface area contributed by atoms with Crippen LogP contribution in [0.15, 0.2) is 18.2 Å². The van der Waals surface area contributed by atoms with Gasteiger partial charge < -0.3 is 14.8 Å². The molecule has 192 valence electrons. The molecule has 0 atom stereocenters. The Hall–Kier alpha value is -2.43. The maximum atomic E-state index is 6.07. The summed E-state index contributed by atoms with van der Waals surface area (Å²) in [5.41, 5.74) is 3.42. The summed E-state index contributed by atoms with van der Waals surface area (Å²) >= 11 is 20.9. The average molecular weight is 595 g/mol. The van der Waals surface area contributed by atoms with Crippen molar-refractivity contribution < 1.29 is 9.47 Å². The minimum absolute atomic E-state index is 0.207. The van der Waals surface area contributed by atoms with Crippen molar-refractivity contribution in [3.63, 3.8) is 0 Å². The van der Waals surface area contributed by atoms with Gasteiger partial charge in [0.15, 0.2) is 11.5 Å². The molecule has 1 N–H and O–H groups in total. The first-order valence-electron chi connectivity index (χ1n) is 11.4. The molecule has 1 aliphatic rings. The smallest absolute Gasteiger partial charge is 0.225 e. The normalized spacial score (nSPS) is 12.5. The molecule has 0 spiro atoms. The number of fused-ring (bicyclic) bond motifs is 3. The number of anilines is 1. The van der Waals surface area contributed by atoms with Crippen molar-refractivity contribution in [1.29, 1.82) is 0 Å². The number of hydrogen-bond donors (Lipinski definition) is 1. The zero-order valence-electron chi connectivity index (χ0n) is 20.4. The number of nitrogens with one attached hydrogen (secondary N) is 1. The van der Waals surface area contributed by atoms with Crippen LogP contribution in [0.3, 0.4) is 0 Å². The third-order valence-corrected chi connectivity index (χ3v) is 8.84. The number of aryl methyl sites for hydroxylation is 4. The van der Waals surface area contributed by atoms with E-state index in [-0.39, 0.29) is 10.6 Å². The van der Waals surface area contributed by atoms with Gasteiger partial charge in [-0.1, -0.05) is 17.7 Å². The molecule has 0 fully saturated rings. The van der Waals surface area contributed by atoms with Gasteiger partial charge in [0.25, 0.3) is 0 Å². The third kappa shape index (κ3) is 5.42. The van der Waals surface area contributed by atoms with Crippen LogP contribution in [0.4, 0.5) is 5.82 Å². The SMILES string of the molecule is Cc1sc2nc(Cl)nc(Cl)c2c1C.Cc1sc2nc(Cl)nc(NCc3ccc4c(c3)OCCO4)c2c1C. The quantitative estimate of drug-likeness (QED) is 0.168. The predicted molar refractivity (Wildman–Crippen MR) is 154 cm³/mol. The van der Waals surface area contributed by atoms with Crippen LogP contribution in [0.5, 0.6) is 11.5 Å². The number of benzene rings is 1. The van der Waals surface area contributed by atoms with Gasteiger partial charge in [0.1, 0.15) is 33.8 Å². The van der Waals surface area contributed by atoms with Crippen LogP contribution in [0.25, 0.3) is 20.4 Å². The van der Waals surface area contributed by atoms with Crippen LogP contribution in [-0.2, 0) is 6.54 Å². The first kappa shape index (κ1) is 26.2. The minimum atomic E-state index is 0.207. The van der Waals surface area contributed by atoms with Crippen molar-refractivity contribution in [3.05, 3.63) is 60.4 Å². The van der Waals surface area contributed by atoms with E-state index in [1.54, 1.807) is 22.7 Å². The van der Waals surface area contributed by atoms with E-state index in [1.807, 2.05) is 32.0 Å².